The van der Waals surface area contributed by atoms with E-state index in [-0.39, 0.29) is 5.91 Å². The summed E-state index contributed by atoms with van der Waals surface area (Å²) in [6, 6.07) is 8.58. The number of carbonyl (C=O) groups excluding carboxylic acids is 1. The number of amides is 1. The Bertz CT molecular complexity index is 428. The predicted molar refractivity (Wildman–Crippen MR) is 77.4 cm³/mol. The number of aryl methyl sites for hydroxylation is 1. The highest BCUT2D eigenvalue weighted by Gasteiger charge is 2.32. The summed E-state index contributed by atoms with van der Waals surface area (Å²) in [6.45, 7) is 2.16. The summed E-state index contributed by atoms with van der Waals surface area (Å²) in [4.78, 5) is 14.0. The van der Waals surface area contributed by atoms with Crippen molar-refractivity contribution in [3.05, 3.63) is 34.3 Å². The predicted octanol–water partition coefficient (Wildman–Crippen LogP) is 3.64. The summed E-state index contributed by atoms with van der Waals surface area (Å²) in [5, 5.41) is 0. The minimum absolute atomic E-state index is 0.259. The van der Waals surface area contributed by atoms with Gasteiger partial charge in [0.15, 0.2) is 0 Å². The van der Waals surface area contributed by atoms with E-state index in [1.54, 1.807) is 0 Å². The molecule has 1 aliphatic rings. The van der Waals surface area contributed by atoms with Crippen LogP contribution in [0.3, 0.4) is 0 Å². The van der Waals surface area contributed by atoms with E-state index in [1.165, 1.54) is 18.4 Å². The highest BCUT2D eigenvalue weighted by atomic mass is 79.9. The number of carbonyl (C=O) groups is 1. The lowest BCUT2D eigenvalue weighted by Gasteiger charge is -2.25. The second-order valence-corrected chi connectivity index (χ2v) is 6.13. The maximum Gasteiger partial charge on any atom is 0.222 e. The molecule has 18 heavy (non-hydrogen) atoms. The quantitative estimate of drug-likeness (QED) is 0.813. The molecule has 0 heterocycles. The molecule has 1 aromatic carbocycles. The third kappa shape index (κ3) is 3.58. The van der Waals surface area contributed by atoms with Crippen LogP contribution < -0.4 is 0 Å². The van der Waals surface area contributed by atoms with Gasteiger partial charge in [-0.1, -0.05) is 28.1 Å². The van der Waals surface area contributed by atoms with Crippen LogP contribution in [-0.4, -0.2) is 23.9 Å². The fraction of sp³-hybridized carbons (Fsp3) is 0.533. The Morgan fingerprint density at radius 3 is 2.83 bits per heavy atom. The lowest BCUT2D eigenvalue weighted by Crippen LogP contribution is -2.36. The molecule has 0 radical (unpaired) electrons. The third-order valence-electron chi connectivity index (χ3n) is 3.83. The second kappa shape index (κ2) is 5.87. The average Bonchev–Trinajstić information content (AvgIpc) is 3.18. The first-order valence-corrected chi connectivity index (χ1v) is 7.37. The van der Waals surface area contributed by atoms with Crippen LogP contribution in [0, 0.1) is 5.92 Å². The Balaban J connectivity index is 1.84. The molecule has 0 spiro atoms. The van der Waals surface area contributed by atoms with Crippen molar-refractivity contribution in [3.8, 4) is 0 Å². The van der Waals surface area contributed by atoms with Crippen molar-refractivity contribution in [2.75, 3.05) is 7.05 Å². The van der Waals surface area contributed by atoms with Crippen molar-refractivity contribution in [2.24, 2.45) is 5.92 Å². The molecule has 0 aromatic heterocycles. The Labute approximate surface area is 117 Å². The first-order chi connectivity index (χ1) is 8.58. The largest absolute Gasteiger partial charge is 0.343 e. The Kier molecular flexibility index (Phi) is 4.44. The van der Waals surface area contributed by atoms with Crippen molar-refractivity contribution in [3.63, 3.8) is 0 Å². The third-order valence-corrected chi connectivity index (χ3v) is 4.32. The molecule has 1 aromatic rings. The summed E-state index contributed by atoms with van der Waals surface area (Å²) in [5.41, 5.74) is 1.21. The van der Waals surface area contributed by atoms with Gasteiger partial charge in [-0.05, 0) is 49.8 Å². The first kappa shape index (κ1) is 13.6. The topological polar surface area (TPSA) is 20.3 Å². The first-order valence-electron chi connectivity index (χ1n) is 6.58. The number of benzene rings is 1. The van der Waals surface area contributed by atoms with E-state index in [1.807, 2.05) is 24.1 Å². The van der Waals surface area contributed by atoms with E-state index < -0.39 is 0 Å². The molecule has 98 valence electrons. The molecule has 3 heteroatoms. The number of nitrogens with zero attached hydrogens (tertiary/aromatic N) is 1. The lowest BCUT2D eigenvalue weighted by atomic mass is 10.1. The van der Waals surface area contributed by atoms with Crippen LogP contribution in [-0.2, 0) is 11.2 Å². The monoisotopic (exact) mass is 309 g/mol. The van der Waals surface area contributed by atoms with Crippen LogP contribution in [0.15, 0.2) is 28.7 Å². The molecule has 1 aliphatic carbocycles. The number of rotatable bonds is 5. The van der Waals surface area contributed by atoms with Crippen molar-refractivity contribution < 1.29 is 4.79 Å². The Morgan fingerprint density at radius 2 is 2.22 bits per heavy atom. The van der Waals surface area contributed by atoms with Gasteiger partial charge in [-0.15, -0.1) is 0 Å². The molecule has 0 aliphatic heterocycles. The van der Waals surface area contributed by atoms with Gasteiger partial charge >= 0.3 is 0 Å². The van der Waals surface area contributed by atoms with Crippen LogP contribution >= 0.6 is 15.9 Å². The fourth-order valence-corrected chi connectivity index (χ4v) is 2.69. The van der Waals surface area contributed by atoms with Gasteiger partial charge in [0.25, 0.3) is 0 Å². The van der Waals surface area contributed by atoms with E-state index in [2.05, 4.69) is 35.0 Å². The summed E-state index contributed by atoms with van der Waals surface area (Å²) in [7, 11) is 1.94. The van der Waals surface area contributed by atoms with Crippen molar-refractivity contribution >= 4 is 21.8 Å². The van der Waals surface area contributed by atoms with E-state index in [0.717, 1.165) is 16.8 Å². The summed E-state index contributed by atoms with van der Waals surface area (Å²) < 4.78 is 1.08. The molecule has 0 N–H and O–H groups in total. The van der Waals surface area contributed by atoms with E-state index in [0.29, 0.717) is 12.5 Å². The molecule has 1 fully saturated rings. The molecule has 1 saturated carbocycles. The number of hydrogen-bond acceptors (Lipinski definition) is 1. The number of hydrogen-bond donors (Lipinski definition) is 0. The molecule has 1 amide bonds. The molecule has 1 atom stereocenters. The molecular formula is C15H20BrNO. The second-order valence-electron chi connectivity index (χ2n) is 5.21. The van der Waals surface area contributed by atoms with Crippen molar-refractivity contribution in [1.82, 2.24) is 4.90 Å². The summed E-state index contributed by atoms with van der Waals surface area (Å²) in [6.07, 6.45) is 3.98. The van der Waals surface area contributed by atoms with Gasteiger partial charge in [-0.25, -0.2) is 0 Å². The summed E-state index contributed by atoms with van der Waals surface area (Å²) in [5.74, 6) is 0.999. The highest BCUT2D eigenvalue weighted by Crippen LogP contribution is 2.34. The normalized spacial score (nSPS) is 16.4. The Morgan fingerprint density at radius 1 is 1.50 bits per heavy atom. The van der Waals surface area contributed by atoms with Crippen molar-refractivity contribution in [2.45, 2.75) is 38.6 Å². The van der Waals surface area contributed by atoms with Gasteiger partial charge in [0.2, 0.25) is 5.91 Å². The minimum Gasteiger partial charge on any atom is -0.343 e. The van der Waals surface area contributed by atoms with E-state index in [9.17, 15) is 4.79 Å². The molecule has 2 rings (SSSR count). The van der Waals surface area contributed by atoms with Gasteiger partial charge in [0.1, 0.15) is 0 Å². The van der Waals surface area contributed by atoms with Gasteiger partial charge in [-0.3, -0.25) is 4.79 Å². The average molecular weight is 310 g/mol. The van der Waals surface area contributed by atoms with Crippen molar-refractivity contribution in [1.29, 1.82) is 0 Å². The minimum atomic E-state index is 0.259. The SMILES string of the molecule is CC(C1CC1)N(C)C(=O)CCc1cccc(Br)c1. The molecule has 0 bridgehead atoms. The highest BCUT2D eigenvalue weighted by molar-refractivity contribution is 9.10. The van der Waals surface area contributed by atoms with Gasteiger partial charge < -0.3 is 4.90 Å². The fourth-order valence-electron chi connectivity index (χ4n) is 2.24. The number of halogens is 1. The lowest BCUT2D eigenvalue weighted by molar-refractivity contribution is -0.132. The zero-order valence-corrected chi connectivity index (χ0v) is 12.6. The maximum absolute atomic E-state index is 12.1. The van der Waals surface area contributed by atoms with Crippen LogP contribution in [0.25, 0.3) is 0 Å². The van der Waals surface area contributed by atoms with Gasteiger partial charge in [0, 0.05) is 24.0 Å². The Hall–Kier alpha value is -0.830. The zero-order chi connectivity index (χ0) is 13.1. The van der Waals surface area contributed by atoms with Crippen LogP contribution in [0.5, 0.6) is 0 Å². The summed E-state index contributed by atoms with van der Waals surface area (Å²) >= 11 is 3.45. The van der Waals surface area contributed by atoms with Crippen LogP contribution in [0.2, 0.25) is 0 Å². The van der Waals surface area contributed by atoms with Gasteiger partial charge in [-0.2, -0.15) is 0 Å². The maximum atomic E-state index is 12.1. The zero-order valence-electron chi connectivity index (χ0n) is 11.0. The smallest absolute Gasteiger partial charge is 0.222 e. The van der Waals surface area contributed by atoms with E-state index in [4.69, 9.17) is 0 Å². The van der Waals surface area contributed by atoms with Crippen LogP contribution in [0.1, 0.15) is 31.7 Å². The molecule has 1 unspecified atom stereocenters. The van der Waals surface area contributed by atoms with E-state index >= 15 is 0 Å². The standard InChI is InChI=1S/C15H20BrNO/c1-11(13-7-8-13)17(2)15(18)9-6-12-4-3-5-14(16)10-12/h3-5,10-11,13H,6-9H2,1-2H3. The molecular weight excluding hydrogens is 290 g/mol. The van der Waals surface area contributed by atoms with Gasteiger partial charge in [0.05, 0.1) is 0 Å². The molecule has 0 saturated heterocycles. The molecule has 2 nitrogen and oxygen atoms in total. The van der Waals surface area contributed by atoms with Crippen LogP contribution in [0.4, 0.5) is 0 Å².